The average molecular weight is 349 g/mol. The van der Waals surface area contributed by atoms with Crippen molar-refractivity contribution in [3.63, 3.8) is 0 Å². The van der Waals surface area contributed by atoms with Gasteiger partial charge >= 0.3 is 12.1 Å². The zero-order chi connectivity index (χ0) is 17.8. The normalized spacial score (nSPS) is 22.0. The van der Waals surface area contributed by atoms with E-state index in [9.17, 15) is 14.7 Å². The van der Waals surface area contributed by atoms with Gasteiger partial charge in [-0.25, -0.2) is 4.79 Å². The molecule has 1 amide bonds. The Morgan fingerprint density at radius 3 is 2.52 bits per heavy atom. The van der Waals surface area contributed by atoms with Crippen molar-refractivity contribution in [2.45, 2.75) is 64.8 Å². The number of amides is 1. The molecule has 1 fully saturated rings. The summed E-state index contributed by atoms with van der Waals surface area (Å²) in [5.74, 6) is -1.51. The Kier molecular flexibility index (Phi) is 6.81. The maximum atomic E-state index is 12.5. The van der Waals surface area contributed by atoms with E-state index < -0.39 is 29.3 Å². The van der Waals surface area contributed by atoms with Gasteiger partial charge in [-0.05, 0) is 47.5 Å². The Morgan fingerprint density at radius 2 is 2.04 bits per heavy atom. The standard InChI is InChI=1S/C15H28NO6P/c1-14(2,3)22-13(19)16-11(9-20-15(16,4)5)8-10(12(17)18)6-7-21-23/h10-11H,6-9,23H2,1-5H3,(H,17,18)/t10-,11-/m0/s1. The molecule has 0 spiro atoms. The lowest BCUT2D eigenvalue weighted by Gasteiger charge is -2.35. The van der Waals surface area contributed by atoms with Crippen LogP contribution in [0.1, 0.15) is 47.5 Å². The van der Waals surface area contributed by atoms with E-state index in [2.05, 4.69) is 9.47 Å². The van der Waals surface area contributed by atoms with Crippen LogP contribution in [0.3, 0.4) is 0 Å². The van der Waals surface area contributed by atoms with Crippen molar-refractivity contribution in [1.29, 1.82) is 0 Å². The highest BCUT2D eigenvalue weighted by molar-refractivity contribution is 7.09. The number of hydrogen-bond acceptors (Lipinski definition) is 5. The van der Waals surface area contributed by atoms with Crippen molar-refractivity contribution in [3.05, 3.63) is 0 Å². The monoisotopic (exact) mass is 349 g/mol. The first kappa shape index (κ1) is 20.1. The minimum atomic E-state index is -0.902. The van der Waals surface area contributed by atoms with Crippen LogP contribution in [0.5, 0.6) is 0 Å². The molecule has 0 aromatic carbocycles. The Hall–Kier alpha value is -0.910. The Morgan fingerprint density at radius 1 is 1.43 bits per heavy atom. The Balaban J connectivity index is 2.86. The summed E-state index contributed by atoms with van der Waals surface area (Å²) < 4.78 is 16.0. The molecule has 0 radical (unpaired) electrons. The third-order valence-electron chi connectivity index (χ3n) is 3.65. The lowest BCUT2D eigenvalue weighted by molar-refractivity contribution is -0.143. The first-order valence-corrected chi connectivity index (χ1v) is 8.16. The van der Waals surface area contributed by atoms with Gasteiger partial charge in [0.25, 0.3) is 0 Å². The number of hydrogen-bond donors (Lipinski definition) is 1. The van der Waals surface area contributed by atoms with E-state index in [0.717, 1.165) is 0 Å². The van der Waals surface area contributed by atoms with Crippen molar-refractivity contribution in [3.8, 4) is 0 Å². The lowest BCUT2D eigenvalue weighted by atomic mass is 9.96. The second-order valence-electron chi connectivity index (χ2n) is 7.19. The molecule has 0 aromatic rings. The van der Waals surface area contributed by atoms with Gasteiger partial charge in [0.1, 0.15) is 11.3 Å². The van der Waals surface area contributed by atoms with Crippen molar-refractivity contribution in [2.75, 3.05) is 13.2 Å². The van der Waals surface area contributed by atoms with Crippen LogP contribution in [0.2, 0.25) is 0 Å². The molecule has 0 aromatic heterocycles. The highest BCUT2D eigenvalue weighted by atomic mass is 31.0. The van der Waals surface area contributed by atoms with Crippen molar-refractivity contribution < 1.29 is 28.7 Å². The molecule has 1 aliphatic rings. The van der Waals surface area contributed by atoms with E-state index in [1.807, 2.05) is 0 Å². The van der Waals surface area contributed by atoms with E-state index in [0.29, 0.717) is 19.4 Å². The number of carboxylic acids is 1. The lowest BCUT2D eigenvalue weighted by Crippen LogP contribution is -2.50. The molecule has 23 heavy (non-hydrogen) atoms. The summed E-state index contributed by atoms with van der Waals surface area (Å²) in [6.07, 6.45) is 0.181. The minimum absolute atomic E-state index is 0.289. The third-order valence-corrected chi connectivity index (χ3v) is 3.89. The maximum absolute atomic E-state index is 12.5. The summed E-state index contributed by atoms with van der Waals surface area (Å²) in [5.41, 5.74) is -1.45. The van der Waals surface area contributed by atoms with Crippen molar-refractivity contribution in [2.24, 2.45) is 5.92 Å². The van der Waals surface area contributed by atoms with Crippen LogP contribution < -0.4 is 0 Å². The molecule has 134 valence electrons. The molecular weight excluding hydrogens is 321 g/mol. The smallest absolute Gasteiger partial charge is 0.412 e. The van der Waals surface area contributed by atoms with Crippen molar-refractivity contribution in [1.82, 2.24) is 4.90 Å². The van der Waals surface area contributed by atoms with Gasteiger partial charge in [0.15, 0.2) is 0 Å². The highest BCUT2D eigenvalue weighted by Crippen LogP contribution is 2.33. The number of nitrogens with zero attached hydrogens (tertiary/aromatic N) is 1. The quantitative estimate of drug-likeness (QED) is 0.742. The summed E-state index contributed by atoms with van der Waals surface area (Å²) in [6, 6.07) is -0.342. The molecular formula is C15H28NO6P. The van der Waals surface area contributed by atoms with E-state index in [-0.39, 0.29) is 12.6 Å². The number of aliphatic carboxylic acids is 1. The highest BCUT2D eigenvalue weighted by Gasteiger charge is 2.46. The van der Waals surface area contributed by atoms with Gasteiger partial charge in [-0.15, -0.1) is 0 Å². The van der Waals surface area contributed by atoms with Crippen LogP contribution in [0.15, 0.2) is 0 Å². The summed E-state index contributed by atoms with van der Waals surface area (Å²) in [6.45, 7) is 9.54. The zero-order valence-corrected chi connectivity index (χ0v) is 15.7. The second kappa shape index (κ2) is 7.77. The molecule has 1 unspecified atom stereocenters. The molecule has 0 saturated carbocycles. The van der Waals surface area contributed by atoms with Crippen LogP contribution >= 0.6 is 9.47 Å². The van der Waals surface area contributed by atoms with E-state index in [1.54, 1.807) is 34.6 Å². The SMILES string of the molecule is CC(C)(C)OC(=O)N1[C@@H](C[C@H](CCOP)C(=O)O)COC1(C)C. The summed E-state index contributed by atoms with van der Waals surface area (Å²) in [4.78, 5) is 25.4. The van der Waals surface area contributed by atoms with Gasteiger partial charge < -0.3 is 19.1 Å². The van der Waals surface area contributed by atoms with Gasteiger partial charge in [0, 0.05) is 9.47 Å². The molecule has 7 nitrogen and oxygen atoms in total. The Bertz CT molecular complexity index is 434. The van der Waals surface area contributed by atoms with Crippen molar-refractivity contribution >= 4 is 21.5 Å². The van der Waals surface area contributed by atoms with Gasteiger partial charge in [0.05, 0.1) is 25.2 Å². The van der Waals surface area contributed by atoms with Gasteiger partial charge in [0.2, 0.25) is 0 Å². The van der Waals surface area contributed by atoms with Crippen LogP contribution in [0.25, 0.3) is 0 Å². The molecule has 8 heteroatoms. The maximum Gasteiger partial charge on any atom is 0.412 e. The fraction of sp³-hybridized carbons (Fsp3) is 0.867. The molecule has 3 atom stereocenters. The molecule has 1 aliphatic heterocycles. The first-order chi connectivity index (χ1) is 10.5. The predicted molar refractivity (Wildman–Crippen MR) is 87.9 cm³/mol. The summed E-state index contributed by atoms with van der Waals surface area (Å²) in [5, 5.41) is 9.36. The van der Waals surface area contributed by atoms with Crippen LogP contribution in [-0.4, -0.2) is 52.7 Å². The van der Waals surface area contributed by atoms with E-state index in [1.165, 1.54) is 4.90 Å². The average Bonchev–Trinajstić information content (AvgIpc) is 2.67. The number of carboxylic acid groups (broad SMARTS) is 1. The molecule has 1 N–H and O–H groups in total. The first-order valence-electron chi connectivity index (χ1n) is 7.68. The fourth-order valence-electron chi connectivity index (χ4n) is 2.62. The van der Waals surface area contributed by atoms with E-state index >= 15 is 0 Å². The minimum Gasteiger partial charge on any atom is -0.481 e. The number of rotatable bonds is 6. The zero-order valence-electron chi connectivity index (χ0n) is 14.5. The predicted octanol–water partition coefficient (Wildman–Crippen LogP) is 2.65. The van der Waals surface area contributed by atoms with Gasteiger partial charge in [-0.2, -0.15) is 0 Å². The van der Waals surface area contributed by atoms with Crippen LogP contribution in [0, 0.1) is 5.92 Å². The second-order valence-corrected chi connectivity index (χ2v) is 7.53. The fourth-order valence-corrected chi connectivity index (χ4v) is 2.75. The number of carbonyl (C=O) groups excluding carboxylic acids is 1. The summed E-state index contributed by atoms with van der Waals surface area (Å²) in [7, 11) is 2.11. The summed E-state index contributed by atoms with van der Waals surface area (Å²) >= 11 is 0. The molecule has 1 saturated heterocycles. The molecule has 0 aliphatic carbocycles. The van der Waals surface area contributed by atoms with Crippen LogP contribution in [0.4, 0.5) is 4.79 Å². The van der Waals surface area contributed by atoms with Gasteiger partial charge in [-0.1, -0.05) is 0 Å². The Labute approximate surface area is 139 Å². The van der Waals surface area contributed by atoms with Crippen LogP contribution in [-0.2, 0) is 18.8 Å². The number of carbonyl (C=O) groups is 2. The van der Waals surface area contributed by atoms with Gasteiger partial charge in [-0.3, -0.25) is 9.69 Å². The molecule has 1 heterocycles. The third kappa shape index (κ3) is 5.90. The largest absolute Gasteiger partial charge is 0.481 e. The number of ether oxygens (including phenoxy) is 2. The molecule has 0 bridgehead atoms. The molecule has 1 rings (SSSR count). The topological polar surface area (TPSA) is 85.3 Å². The van der Waals surface area contributed by atoms with E-state index in [4.69, 9.17) is 14.0 Å².